The van der Waals surface area contributed by atoms with Gasteiger partial charge in [-0.15, -0.1) is 0 Å². The zero-order valence-corrected chi connectivity index (χ0v) is 15.5. The maximum absolute atomic E-state index is 12.2. The molecular weight excluding hydrogens is 338 g/mol. The van der Waals surface area contributed by atoms with Crippen LogP contribution in [-0.4, -0.2) is 37.7 Å². The minimum absolute atomic E-state index is 0.0316. The minimum atomic E-state index is 0.0316. The van der Waals surface area contributed by atoms with E-state index < -0.39 is 0 Å². The molecule has 6 heteroatoms. The number of hydrogen-bond donors (Lipinski definition) is 1. The zero-order chi connectivity index (χ0) is 18.2. The summed E-state index contributed by atoms with van der Waals surface area (Å²) >= 11 is 0. The molecule has 0 spiro atoms. The van der Waals surface area contributed by atoms with E-state index >= 15 is 0 Å². The van der Waals surface area contributed by atoms with E-state index in [-0.39, 0.29) is 5.56 Å². The van der Waals surface area contributed by atoms with Crippen molar-refractivity contribution >= 4 is 11.0 Å². The molecule has 27 heavy (non-hydrogen) atoms. The Hall–Kier alpha value is -2.47. The highest BCUT2D eigenvalue weighted by atomic mass is 16.1. The monoisotopic (exact) mass is 363 g/mol. The maximum atomic E-state index is 12.2. The molecule has 0 radical (unpaired) electrons. The first-order chi connectivity index (χ1) is 13.2. The van der Waals surface area contributed by atoms with E-state index in [4.69, 9.17) is 0 Å². The highest BCUT2D eigenvalue weighted by molar-refractivity contribution is 5.74. The Morgan fingerprint density at radius 2 is 1.85 bits per heavy atom. The van der Waals surface area contributed by atoms with Crippen LogP contribution >= 0.6 is 0 Å². The van der Waals surface area contributed by atoms with Gasteiger partial charge >= 0.3 is 0 Å². The van der Waals surface area contributed by atoms with Gasteiger partial charge < -0.3 is 4.98 Å². The number of likely N-dealkylation sites (tertiary alicyclic amines) is 1. The largest absolute Gasteiger partial charge is 0.341 e. The molecule has 3 aromatic rings. The van der Waals surface area contributed by atoms with Crippen molar-refractivity contribution in [2.75, 3.05) is 13.1 Å². The van der Waals surface area contributed by atoms with Crippen LogP contribution in [0.25, 0.3) is 11.0 Å². The highest BCUT2D eigenvalue weighted by Crippen LogP contribution is 2.38. The van der Waals surface area contributed by atoms with E-state index in [1.54, 1.807) is 10.7 Å². The Labute approximate surface area is 158 Å². The van der Waals surface area contributed by atoms with E-state index in [1.807, 2.05) is 24.3 Å². The van der Waals surface area contributed by atoms with Crippen molar-refractivity contribution in [3.8, 4) is 0 Å². The first kappa shape index (κ1) is 16.7. The van der Waals surface area contributed by atoms with Crippen molar-refractivity contribution in [1.82, 2.24) is 24.6 Å². The normalized spacial score (nSPS) is 19.0. The highest BCUT2D eigenvalue weighted by Gasteiger charge is 2.26. The zero-order valence-electron chi connectivity index (χ0n) is 15.5. The van der Waals surface area contributed by atoms with Gasteiger partial charge in [0.1, 0.15) is 5.82 Å². The molecule has 1 N–H and O–H groups in total. The first-order valence-electron chi connectivity index (χ1n) is 9.98. The van der Waals surface area contributed by atoms with Crippen LogP contribution in [0.5, 0.6) is 0 Å². The number of imidazole rings is 1. The van der Waals surface area contributed by atoms with Gasteiger partial charge in [0.05, 0.1) is 23.3 Å². The molecule has 0 unspecified atom stereocenters. The molecule has 0 atom stereocenters. The molecule has 6 nitrogen and oxygen atoms in total. The average Bonchev–Trinajstić information content (AvgIpc) is 3.45. The smallest absolute Gasteiger partial charge is 0.266 e. The average molecular weight is 363 g/mol. The molecule has 1 aromatic carbocycles. The van der Waals surface area contributed by atoms with Crippen molar-refractivity contribution in [1.29, 1.82) is 0 Å². The molecule has 1 saturated carbocycles. The van der Waals surface area contributed by atoms with Crippen LogP contribution < -0.4 is 5.56 Å². The van der Waals surface area contributed by atoms with E-state index in [0.717, 1.165) is 61.6 Å². The lowest BCUT2D eigenvalue weighted by atomic mass is 9.97. The second kappa shape index (κ2) is 6.93. The van der Waals surface area contributed by atoms with Crippen LogP contribution in [0.15, 0.2) is 41.2 Å². The van der Waals surface area contributed by atoms with Gasteiger partial charge in [-0.05, 0) is 62.9 Å². The molecule has 2 aromatic heterocycles. The topological polar surface area (TPSA) is 66.8 Å². The third kappa shape index (κ3) is 3.67. The van der Waals surface area contributed by atoms with Gasteiger partial charge in [0.15, 0.2) is 0 Å². The molecule has 1 saturated heterocycles. The summed E-state index contributed by atoms with van der Waals surface area (Å²) in [6, 6.07) is 11.8. The third-order valence-corrected chi connectivity index (χ3v) is 5.83. The summed E-state index contributed by atoms with van der Waals surface area (Å²) in [4.78, 5) is 22.7. The van der Waals surface area contributed by atoms with Gasteiger partial charge in [-0.3, -0.25) is 9.69 Å². The molecule has 3 heterocycles. The van der Waals surface area contributed by atoms with Gasteiger partial charge in [0.2, 0.25) is 0 Å². The molecule has 1 aliphatic carbocycles. The second-order valence-electron chi connectivity index (χ2n) is 7.97. The number of para-hydroxylation sites is 2. The van der Waals surface area contributed by atoms with E-state index in [1.165, 1.54) is 12.8 Å². The number of benzene rings is 1. The summed E-state index contributed by atoms with van der Waals surface area (Å²) in [5, 5.41) is 4.62. The lowest BCUT2D eigenvalue weighted by molar-refractivity contribution is 0.160. The molecule has 0 bridgehead atoms. The van der Waals surface area contributed by atoms with Gasteiger partial charge in [0, 0.05) is 18.5 Å². The molecule has 1 aliphatic heterocycles. The summed E-state index contributed by atoms with van der Waals surface area (Å²) in [6.07, 6.45) is 4.63. The number of aromatic amines is 1. The Kier molecular flexibility index (Phi) is 4.28. The third-order valence-electron chi connectivity index (χ3n) is 5.83. The van der Waals surface area contributed by atoms with Crippen LogP contribution in [0.2, 0.25) is 0 Å². The molecule has 2 aliphatic rings. The number of nitrogens with zero attached hydrogens (tertiary/aromatic N) is 4. The fraction of sp³-hybridized carbons (Fsp3) is 0.476. The van der Waals surface area contributed by atoms with Crippen molar-refractivity contribution < 1.29 is 0 Å². The number of rotatable bonds is 5. The van der Waals surface area contributed by atoms with Crippen LogP contribution in [0.4, 0.5) is 0 Å². The van der Waals surface area contributed by atoms with Crippen LogP contribution in [0.1, 0.15) is 43.1 Å². The first-order valence-corrected chi connectivity index (χ1v) is 9.98. The summed E-state index contributed by atoms with van der Waals surface area (Å²) in [7, 11) is 0. The van der Waals surface area contributed by atoms with Crippen molar-refractivity contribution in [3.05, 3.63) is 58.3 Å². The Morgan fingerprint density at radius 1 is 1.04 bits per heavy atom. The number of H-pyrrole nitrogens is 1. The lowest BCUT2D eigenvalue weighted by Crippen LogP contribution is -2.36. The van der Waals surface area contributed by atoms with Gasteiger partial charge in [0.25, 0.3) is 5.56 Å². The van der Waals surface area contributed by atoms with Crippen molar-refractivity contribution in [2.24, 2.45) is 5.92 Å². The van der Waals surface area contributed by atoms with E-state index in [0.29, 0.717) is 11.8 Å². The fourth-order valence-electron chi connectivity index (χ4n) is 4.06. The van der Waals surface area contributed by atoms with Gasteiger partial charge in [-0.25, -0.2) is 9.67 Å². The number of hydrogen-bond acceptors (Lipinski definition) is 4. The van der Waals surface area contributed by atoms with Crippen LogP contribution in [0, 0.1) is 5.92 Å². The quantitative estimate of drug-likeness (QED) is 0.757. The number of aromatic nitrogens is 4. The number of fused-ring (bicyclic) bond motifs is 1. The Bertz CT molecular complexity index is 962. The molecular formula is C21H25N5O. The standard InChI is InChI=1S/C21H25N5O/c27-21-8-7-17(16-5-6-16)24-26(21)13-15-9-11-25(12-10-15)14-20-22-18-3-1-2-4-19(18)23-20/h1-4,7-8,15-16H,5-6,9-14H2,(H,22,23). The molecule has 2 fully saturated rings. The number of piperidine rings is 1. The van der Waals surface area contributed by atoms with Gasteiger partial charge in [-0.1, -0.05) is 12.1 Å². The second-order valence-corrected chi connectivity index (χ2v) is 7.97. The maximum Gasteiger partial charge on any atom is 0.266 e. The Balaban J connectivity index is 1.19. The summed E-state index contributed by atoms with van der Waals surface area (Å²) in [5.41, 5.74) is 3.26. The Morgan fingerprint density at radius 3 is 2.63 bits per heavy atom. The predicted octanol–water partition coefficient (Wildman–Crippen LogP) is 2.91. The predicted molar refractivity (Wildman–Crippen MR) is 105 cm³/mol. The molecule has 0 amide bonds. The van der Waals surface area contributed by atoms with Gasteiger partial charge in [-0.2, -0.15) is 5.10 Å². The van der Waals surface area contributed by atoms with E-state index in [2.05, 4.69) is 26.0 Å². The van der Waals surface area contributed by atoms with E-state index in [9.17, 15) is 4.79 Å². The minimum Gasteiger partial charge on any atom is -0.341 e. The van der Waals surface area contributed by atoms with Crippen LogP contribution in [0.3, 0.4) is 0 Å². The summed E-state index contributed by atoms with van der Waals surface area (Å²) < 4.78 is 1.70. The molecule has 140 valence electrons. The summed E-state index contributed by atoms with van der Waals surface area (Å²) in [6.45, 7) is 3.69. The fourth-order valence-corrected chi connectivity index (χ4v) is 4.06. The summed E-state index contributed by atoms with van der Waals surface area (Å²) in [5.74, 6) is 2.14. The van der Waals surface area contributed by atoms with Crippen LogP contribution in [-0.2, 0) is 13.1 Å². The number of nitrogens with one attached hydrogen (secondary N) is 1. The van der Waals surface area contributed by atoms with Crippen molar-refractivity contribution in [2.45, 2.75) is 44.7 Å². The lowest BCUT2D eigenvalue weighted by Gasteiger charge is -2.31. The SMILES string of the molecule is O=c1ccc(C2CC2)nn1CC1CCN(Cc2nc3ccccc3[nH]2)CC1. The van der Waals surface area contributed by atoms with Crippen molar-refractivity contribution in [3.63, 3.8) is 0 Å². The molecule has 5 rings (SSSR count).